The number of hydrogen-bond donors (Lipinski definition) is 1. The largest absolute Gasteiger partial charge is 0.493 e. The first-order chi connectivity index (χ1) is 16.6. The molecule has 3 aromatic rings. The number of nitrogens with zero attached hydrogens (tertiary/aromatic N) is 2. The molecule has 1 heterocycles. The molecule has 2 aliphatic carbocycles. The van der Waals surface area contributed by atoms with Gasteiger partial charge in [-0.3, -0.25) is 4.79 Å². The van der Waals surface area contributed by atoms with Gasteiger partial charge in [-0.25, -0.2) is 9.97 Å². The summed E-state index contributed by atoms with van der Waals surface area (Å²) in [6.45, 7) is 7.04. The molecule has 2 unspecified atom stereocenters. The fourth-order valence-electron chi connectivity index (χ4n) is 6.11. The van der Waals surface area contributed by atoms with Crippen LogP contribution in [0.25, 0.3) is 11.0 Å². The Labute approximate surface area is 215 Å². The van der Waals surface area contributed by atoms with E-state index in [1.165, 1.54) is 0 Å². The van der Waals surface area contributed by atoms with E-state index >= 15 is 0 Å². The maximum Gasteiger partial charge on any atom is 0.232 e. The minimum Gasteiger partial charge on any atom is -0.493 e. The number of methoxy groups -OCH3 is 2. The maximum absolute atomic E-state index is 13.9. The molecular weight excluding hydrogens is 485 g/mol. The van der Waals surface area contributed by atoms with Gasteiger partial charge in [-0.1, -0.05) is 50.0 Å². The lowest BCUT2D eigenvalue weighted by Crippen LogP contribution is -2.51. The monoisotopic (exact) mass is 513 g/mol. The molecular formula is C27H29Cl2N3O3. The summed E-state index contributed by atoms with van der Waals surface area (Å²) in [5.74, 6) is 1.35. The Morgan fingerprint density at radius 1 is 0.943 bits per heavy atom. The fraction of sp³-hybridized carbons (Fsp3) is 0.444. The Morgan fingerprint density at radius 3 is 2.20 bits per heavy atom. The van der Waals surface area contributed by atoms with Crippen molar-refractivity contribution in [3.63, 3.8) is 0 Å². The number of benzene rings is 2. The van der Waals surface area contributed by atoms with Crippen molar-refractivity contribution < 1.29 is 14.3 Å². The SMILES string of the molecule is COc1ccc(CCNC(=O)C23CCC(C)(c4nc5cc(Cl)c(Cl)cc5nc42)C3(C)C)cc1OC. The van der Waals surface area contributed by atoms with Crippen molar-refractivity contribution in [3.05, 3.63) is 57.3 Å². The fourth-order valence-corrected chi connectivity index (χ4v) is 6.42. The number of amides is 1. The van der Waals surface area contributed by atoms with Gasteiger partial charge in [0.05, 0.1) is 52.1 Å². The Kier molecular flexibility index (Phi) is 5.68. The number of nitrogens with one attached hydrogen (secondary N) is 1. The predicted octanol–water partition coefficient (Wildman–Crippen LogP) is 5.64. The van der Waals surface area contributed by atoms with Crippen molar-refractivity contribution in [2.45, 2.75) is 50.9 Å². The number of halogens is 2. The average Bonchev–Trinajstić information content (AvgIpc) is 3.13. The summed E-state index contributed by atoms with van der Waals surface area (Å²) in [7, 11) is 3.23. The van der Waals surface area contributed by atoms with Gasteiger partial charge in [0.2, 0.25) is 5.91 Å². The number of rotatable bonds is 6. The third kappa shape index (κ3) is 3.26. The number of fused-ring (bicyclic) bond motifs is 6. The van der Waals surface area contributed by atoms with Crippen LogP contribution >= 0.6 is 23.2 Å². The molecule has 1 N–H and O–H groups in total. The Morgan fingerprint density at radius 2 is 1.57 bits per heavy atom. The summed E-state index contributed by atoms with van der Waals surface area (Å²) in [6.07, 6.45) is 2.27. The highest BCUT2D eigenvalue weighted by molar-refractivity contribution is 6.42. The lowest BCUT2D eigenvalue weighted by molar-refractivity contribution is -0.130. The first-order valence-corrected chi connectivity index (χ1v) is 12.5. The molecule has 1 aromatic heterocycles. The van der Waals surface area contributed by atoms with Crippen molar-refractivity contribution >= 4 is 40.1 Å². The number of ether oxygens (including phenoxy) is 2. The van der Waals surface area contributed by atoms with Gasteiger partial charge in [-0.05, 0) is 54.5 Å². The van der Waals surface area contributed by atoms with Crippen LogP contribution in [0.3, 0.4) is 0 Å². The zero-order valence-corrected chi connectivity index (χ0v) is 22.1. The first kappa shape index (κ1) is 24.1. The molecule has 1 saturated carbocycles. The summed E-state index contributed by atoms with van der Waals surface area (Å²) in [4.78, 5) is 23.9. The van der Waals surface area contributed by atoms with Gasteiger partial charge in [-0.2, -0.15) is 0 Å². The lowest BCUT2D eigenvalue weighted by atomic mass is 9.63. The maximum atomic E-state index is 13.9. The van der Waals surface area contributed by atoms with Crippen molar-refractivity contribution in [3.8, 4) is 11.5 Å². The van der Waals surface area contributed by atoms with Crippen LogP contribution in [-0.4, -0.2) is 36.6 Å². The summed E-state index contributed by atoms with van der Waals surface area (Å²) >= 11 is 12.5. The van der Waals surface area contributed by atoms with Crippen LogP contribution in [0.4, 0.5) is 0 Å². The summed E-state index contributed by atoms with van der Waals surface area (Å²) in [6, 6.07) is 9.30. The molecule has 1 fully saturated rings. The van der Waals surface area contributed by atoms with Crippen molar-refractivity contribution in [1.82, 2.24) is 15.3 Å². The van der Waals surface area contributed by atoms with Gasteiger partial charge in [0.1, 0.15) is 0 Å². The van der Waals surface area contributed by atoms with E-state index in [4.69, 9.17) is 42.6 Å². The normalized spacial score (nSPS) is 23.9. The van der Waals surface area contributed by atoms with E-state index in [9.17, 15) is 4.79 Å². The average molecular weight is 514 g/mol. The standard InChI is InChI=1S/C27H29Cl2N3O3/c1-25(2)26(3)9-10-27(25,23-22(26)31-18-13-16(28)17(29)14-19(18)32-23)24(33)30-11-8-15-6-7-20(34-4)21(12-15)35-5/h6-7,12-14H,8-11H2,1-5H3,(H,30,33). The van der Waals surface area contributed by atoms with E-state index in [-0.39, 0.29) is 16.7 Å². The Balaban J connectivity index is 1.47. The molecule has 0 saturated heterocycles. The summed E-state index contributed by atoms with van der Waals surface area (Å²) < 4.78 is 10.7. The molecule has 0 spiro atoms. The van der Waals surface area contributed by atoms with Gasteiger partial charge < -0.3 is 14.8 Å². The summed E-state index contributed by atoms with van der Waals surface area (Å²) in [5, 5.41) is 4.09. The minimum absolute atomic E-state index is 0.000776. The number of hydrogen-bond acceptors (Lipinski definition) is 5. The summed E-state index contributed by atoms with van der Waals surface area (Å²) in [5.41, 5.74) is 2.69. The van der Waals surface area contributed by atoms with Crippen molar-refractivity contribution in [2.75, 3.05) is 20.8 Å². The quantitative estimate of drug-likeness (QED) is 0.461. The van der Waals surface area contributed by atoms with Crippen molar-refractivity contribution in [2.24, 2.45) is 5.41 Å². The van der Waals surface area contributed by atoms with Gasteiger partial charge in [-0.15, -0.1) is 0 Å². The molecule has 35 heavy (non-hydrogen) atoms. The Bertz CT molecular complexity index is 1360. The van der Waals surface area contributed by atoms with E-state index < -0.39 is 5.41 Å². The van der Waals surface area contributed by atoms with E-state index in [1.807, 2.05) is 18.2 Å². The zero-order valence-electron chi connectivity index (χ0n) is 20.6. The minimum atomic E-state index is -0.762. The third-order valence-corrected chi connectivity index (χ3v) is 9.34. The van der Waals surface area contributed by atoms with E-state index in [2.05, 4.69) is 26.1 Å². The molecule has 2 bridgehead atoms. The highest BCUT2D eigenvalue weighted by Gasteiger charge is 2.73. The zero-order chi connectivity index (χ0) is 25.2. The third-order valence-electron chi connectivity index (χ3n) is 8.61. The molecule has 6 nitrogen and oxygen atoms in total. The number of carbonyl (C=O) groups is 1. The van der Waals surface area contributed by atoms with Crippen LogP contribution in [0.2, 0.25) is 10.0 Å². The second kappa shape index (κ2) is 8.24. The van der Waals surface area contributed by atoms with E-state index in [1.54, 1.807) is 26.4 Å². The van der Waals surface area contributed by atoms with E-state index in [0.717, 1.165) is 29.8 Å². The van der Waals surface area contributed by atoms with Gasteiger partial charge in [0.25, 0.3) is 0 Å². The molecule has 5 rings (SSSR count). The van der Waals surface area contributed by atoms with Gasteiger partial charge in [0, 0.05) is 12.0 Å². The Hall–Kier alpha value is -2.57. The molecule has 0 aliphatic heterocycles. The molecule has 0 radical (unpaired) electrons. The van der Waals surface area contributed by atoms with Crippen LogP contribution in [0.5, 0.6) is 11.5 Å². The highest BCUT2D eigenvalue weighted by atomic mass is 35.5. The van der Waals surface area contributed by atoms with Gasteiger partial charge in [0.15, 0.2) is 11.5 Å². The van der Waals surface area contributed by atoms with E-state index in [0.29, 0.717) is 45.5 Å². The van der Waals surface area contributed by atoms with Gasteiger partial charge >= 0.3 is 0 Å². The highest BCUT2D eigenvalue weighted by Crippen LogP contribution is 2.70. The smallest absolute Gasteiger partial charge is 0.232 e. The van der Waals surface area contributed by atoms with Crippen LogP contribution in [0, 0.1) is 5.41 Å². The van der Waals surface area contributed by atoms with Crippen LogP contribution < -0.4 is 14.8 Å². The topological polar surface area (TPSA) is 73.3 Å². The molecule has 2 aromatic carbocycles. The number of aromatic nitrogens is 2. The first-order valence-electron chi connectivity index (χ1n) is 11.8. The lowest BCUT2D eigenvalue weighted by Gasteiger charge is -2.39. The second-order valence-electron chi connectivity index (χ2n) is 10.2. The van der Waals surface area contributed by atoms with Crippen molar-refractivity contribution in [1.29, 1.82) is 0 Å². The molecule has 2 atom stereocenters. The molecule has 184 valence electrons. The predicted molar refractivity (Wildman–Crippen MR) is 138 cm³/mol. The van der Waals surface area contributed by atoms with Crippen LogP contribution in [0.1, 0.15) is 50.6 Å². The molecule has 8 heteroatoms. The molecule has 1 amide bonds. The number of carbonyl (C=O) groups excluding carboxylic acids is 1. The molecule has 2 aliphatic rings. The second-order valence-corrected chi connectivity index (χ2v) is 11.0. The van der Waals surface area contributed by atoms with Crippen LogP contribution in [0.15, 0.2) is 30.3 Å². The van der Waals surface area contributed by atoms with Crippen LogP contribution in [-0.2, 0) is 22.0 Å².